The van der Waals surface area contributed by atoms with Gasteiger partial charge in [-0.2, -0.15) is 0 Å². The summed E-state index contributed by atoms with van der Waals surface area (Å²) in [6.45, 7) is 4.98. The number of carbonyl (C=O) groups is 1. The molecular formula is C18H22FN3OS. The Hall–Kier alpha value is -1.79. The Morgan fingerprint density at radius 2 is 2.04 bits per heavy atom. The molecule has 1 aromatic heterocycles. The summed E-state index contributed by atoms with van der Waals surface area (Å²) in [5.74, 6) is 0.0213. The summed E-state index contributed by atoms with van der Waals surface area (Å²) in [4.78, 5) is 20.7. The van der Waals surface area contributed by atoms with Gasteiger partial charge in [0.15, 0.2) is 0 Å². The second-order valence-corrected chi connectivity index (χ2v) is 6.81. The van der Waals surface area contributed by atoms with Crippen LogP contribution in [-0.2, 0) is 11.2 Å². The molecule has 128 valence electrons. The van der Waals surface area contributed by atoms with Gasteiger partial charge >= 0.3 is 0 Å². The first kappa shape index (κ1) is 17.0. The molecule has 0 radical (unpaired) electrons. The number of hydrogen-bond acceptors (Lipinski definition) is 4. The van der Waals surface area contributed by atoms with Crippen molar-refractivity contribution in [2.24, 2.45) is 0 Å². The standard InChI is InChI=1S/C18H22FN3OS/c1-14(16-4-2-3-5-17(16)19)21-8-10-22(11-9-21)18(23)7-6-15-12-24-13-20-15/h2-5,12-14H,6-11H2,1H3. The van der Waals surface area contributed by atoms with Crippen LogP contribution in [0.2, 0.25) is 0 Å². The van der Waals surface area contributed by atoms with Crippen LogP contribution in [0.15, 0.2) is 35.2 Å². The van der Waals surface area contributed by atoms with Crippen LogP contribution in [0, 0.1) is 5.82 Å². The molecule has 1 unspecified atom stereocenters. The Kier molecular flexibility index (Phi) is 5.58. The molecule has 0 bridgehead atoms. The number of nitrogens with zero attached hydrogens (tertiary/aromatic N) is 3. The van der Waals surface area contributed by atoms with E-state index in [0.717, 1.165) is 24.3 Å². The van der Waals surface area contributed by atoms with Crippen LogP contribution in [0.3, 0.4) is 0 Å². The van der Waals surface area contributed by atoms with Crippen LogP contribution in [0.4, 0.5) is 4.39 Å². The second-order valence-electron chi connectivity index (χ2n) is 6.09. The number of carbonyl (C=O) groups excluding carboxylic acids is 1. The number of aromatic nitrogens is 1. The van der Waals surface area contributed by atoms with Gasteiger partial charge in [0.2, 0.25) is 5.91 Å². The van der Waals surface area contributed by atoms with Gasteiger partial charge in [0.25, 0.3) is 0 Å². The lowest BCUT2D eigenvalue weighted by Gasteiger charge is -2.38. The fourth-order valence-corrected chi connectivity index (χ4v) is 3.72. The normalized spacial score (nSPS) is 17.0. The number of amides is 1. The molecule has 2 aromatic rings. The monoisotopic (exact) mass is 347 g/mol. The van der Waals surface area contributed by atoms with Crippen LogP contribution in [-0.4, -0.2) is 46.9 Å². The smallest absolute Gasteiger partial charge is 0.223 e. The van der Waals surface area contributed by atoms with Gasteiger partial charge < -0.3 is 4.90 Å². The van der Waals surface area contributed by atoms with Gasteiger partial charge in [-0.25, -0.2) is 9.37 Å². The van der Waals surface area contributed by atoms with Gasteiger partial charge in [0, 0.05) is 49.6 Å². The first-order chi connectivity index (χ1) is 11.6. The topological polar surface area (TPSA) is 36.4 Å². The lowest BCUT2D eigenvalue weighted by atomic mass is 10.1. The Balaban J connectivity index is 1.50. The minimum atomic E-state index is -0.160. The van der Waals surface area contributed by atoms with Gasteiger partial charge in [0.05, 0.1) is 11.2 Å². The highest BCUT2D eigenvalue weighted by Gasteiger charge is 2.25. The largest absolute Gasteiger partial charge is 0.340 e. The number of piperazine rings is 1. The van der Waals surface area contributed by atoms with E-state index in [2.05, 4.69) is 9.88 Å². The Morgan fingerprint density at radius 3 is 2.71 bits per heavy atom. The van der Waals surface area contributed by atoms with Crippen LogP contribution in [0.5, 0.6) is 0 Å². The van der Waals surface area contributed by atoms with E-state index in [9.17, 15) is 9.18 Å². The van der Waals surface area contributed by atoms with E-state index in [1.54, 1.807) is 22.9 Å². The van der Waals surface area contributed by atoms with Crippen molar-refractivity contribution in [3.63, 3.8) is 0 Å². The highest BCUT2D eigenvalue weighted by Crippen LogP contribution is 2.24. The SMILES string of the molecule is CC(c1ccccc1F)N1CCN(C(=O)CCc2cscn2)CC1. The van der Waals surface area contributed by atoms with Crippen molar-refractivity contribution in [2.45, 2.75) is 25.8 Å². The molecule has 0 aliphatic carbocycles. The quantitative estimate of drug-likeness (QED) is 0.834. The molecule has 6 heteroatoms. The summed E-state index contributed by atoms with van der Waals surface area (Å²) < 4.78 is 13.9. The molecule has 1 aromatic carbocycles. The van der Waals surface area contributed by atoms with Crippen molar-refractivity contribution in [1.29, 1.82) is 0 Å². The van der Waals surface area contributed by atoms with E-state index in [4.69, 9.17) is 0 Å². The lowest BCUT2D eigenvalue weighted by Crippen LogP contribution is -2.49. The zero-order valence-electron chi connectivity index (χ0n) is 13.8. The molecule has 2 heterocycles. The minimum Gasteiger partial charge on any atom is -0.340 e. The Morgan fingerprint density at radius 1 is 1.29 bits per heavy atom. The molecule has 1 aliphatic heterocycles. The molecule has 0 saturated carbocycles. The molecule has 3 rings (SSSR count). The lowest BCUT2D eigenvalue weighted by molar-refractivity contribution is -0.133. The summed E-state index contributed by atoms with van der Waals surface area (Å²) in [6, 6.07) is 6.95. The van der Waals surface area contributed by atoms with Crippen molar-refractivity contribution in [3.05, 3.63) is 52.2 Å². The Bertz CT molecular complexity index is 669. The fourth-order valence-electron chi connectivity index (χ4n) is 3.12. The maximum atomic E-state index is 13.9. The molecule has 1 fully saturated rings. The van der Waals surface area contributed by atoms with Gasteiger partial charge in [-0.15, -0.1) is 11.3 Å². The van der Waals surface area contributed by atoms with Crippen LogP contribution >= 0.6 is 11.3 Å². The highest BCUT2D eigenvalue weighted by atomic mass is 32.1. The molecule has 0 N–H and O–H groups in total. The van der Waals surface area contributed by atoms with Crippen molar-refractivity contribution < 1.29 is 9.18 Å². The molecule has 24 heavy (non-hydrogen) atoms. The first-order valence-corrected chi connectivity index (χ1v) is 9.22. The van der Waals surface area contributed by atoms with E-state index >= 15 is 0 Å². The molecule has 1 aliphatic rings. The maximum absolute atomic E-state index is 13.9. The molecular weight excluding hydrogens is 325 g/mol. The number of halogens is 1. The van der Waals surface area contributed by atoms with E-state index in [0.29, 0.717) is 25.9 Å². The molecule has 0 spiro atoms. The van der Waals surface area contributed by atoms with E-state index < -0.39 is 0 Å². The van der Waals surface area contributed by atoms with Crippen LogP contribution < -0.4 is 0 Å². The molecule has 1 amide bonds. The van der Waals surface area contributed by atoms with E-state index in [-0.39, 0.29) is 17.8 Å². The number of hydrogen-bond donors (Lipinski definition) is 0. The van der Waals surface area contributed by atoms with Crippen molar-refractivity contribution >= 4 is 17.2 Å². The summed E-state index contributed by atoms with van der Waals surface area (Å²) in [7, 11) is 0. The van der Waals surface area contributed by atoms with Crippen molar-refractivity contribution in [3.8, 4) is 0 Å². The van der Waals surface area contributed by atoms with Gasteiger partial charge in [0.1, 0.15) is 5.82 Å². The van der Waals surface area contributed by atoms with E-state index in [1.807, 2.05) is 29.3 Å². The molecule has 4 nitrogen and oxygen atoms in total. The predicted octanol–water partition coefficient (Wildman–Crippen LogP) is 3.12. The number of aryl methyl sites for hydroxylation is 1. The predicted molar refractivity (Wildman–Crippen MR) is 93.4 cm³/mol. The average molecular weight is 347 g/mol. The van der Waals surface area contributed by atoms with E-state index in [1.165, 1.54) is 6.07 Å². The molecule has 1 saturated heterocycles. The van der Waals surface area contributed by atoms with Gasteiger partial charge in [-0.1, -0.05) is 18.2 Å². The van der Waals surface area contributed by atoms with Crippen LogP contribution in [0.25, 0.3) is 0 Å². The van der Waals surface area contributed by atoms with Gasteiger partial charge in [-0.3, -0.25) is 9.69 Å². The first-order valence-electron chi connectivity index (χ1n) is 8.28. The third-order valence-corrected chi connectivity index (χ3v) is 5.28. The van der Waals surface area contributed by atoms with Gasteiger partial charge in [-0.05, 0) is 19.4 Å². The number of benzene rings is 1. The third kappa shape index (κ3) is 3.99. The number of thiazole rings is 1. The second kappa shape index (κ2) is 7.85. The fraction of sp³-hybridized carbons (Fsp3) is 0.444. The molecule has 1 atom stereocenters. The van der Waals surface area contributed by atoms with Crippen molar-refractivity contribution in [2.75, 3.05) is 26.2 Å². The van der Waals surface area contributed by atoms with Crippen molar-refractivity contribution in [1.82, 2.24) is 14.8 Å². The van der Waals surface area contributed by atoms with Crippen LogP contribution in [0.1, 0.15) is 30.6 Å². The summed E-state index contributed by atoms with van der Waals surface area (Å²) in [5, 5.41) is 1.99. The number of rotatable bonds is 5. The Labute approximate surface area is 145 Å². The third-order valence-electron chi connectivity index (χ3n) is 4.65. The average Bonchev–Trinajstić information content (AvgIpc) is 3.13. The minimum absolute atomic E-state index is 0.0264. The highest BCUT2D eigenvalue weighted by molar-refractivity contribution is 7.07. The summed E-state index contributed by atoms with van der Waals surface area (Å²) >= 11 is 1.56. The maximum Gasteiger partial charge on any atom is 0.223 e. The summed E-state index contributed by atoms with van der Waals surface area (Å²) in [5.41, 5.74) is 3.50. The summed E-state index contributed by atoms with van der Waals surface area (Å²) in [6.07, 6.45) is 1.21. The zero-order valence-corrected chi connectivity index (χ0v) is 14.6. The zero-order chi connectivity index (χ0) is 16.9.